The van der Waals surface area contributed by atoms with Crippen LogP contribution in [0.4, 0.5) is 4.39 Å². The summed E-state index contributed by atoms with van der Waals surface area (Å²) in [7, 11) is 3.44. The lowest BCUT2D eigenvalue weighted by molar-refractivity contribution is 0.380. The topological polar surface area (TPSA) is 21.3 Å². The minimum absolute atomic E-state index is 0.251. The van der Waals surface area contributed by atoms with Crippen LogP contribution in [0.25, 0.3) is 0 Å². The standard InChI is InChI=1S/C15H24FNO/c1-5-6-11(2)9-14(17-3)12-7-8-13(16)15(10-12)18-4/h7-8,10-11,14,17H,5-6,9H2,1-4H3. The maximum Gasteiger partial charge on any atom is 0.165 e. The van der Waals surface area contributed by atoms with Crippen molar-refractivity contribution in [1.82, 2.24) is 5.32 Å². The van der Waals surface area contributed by atoms with Crippen LogP contribution in [0.1, 0.15) is 44.7 Å². The van der Waals surface area contributed by atoms with E-state index in [4.69, 9.17) is 4.74 Å². The van der Waals surface area contributed by atoms with Crippen LogP contribution in [0.2, 0.25) is 0 Å². The van der Waals surface area contributed by atoms with E-state index in [0.717, 1.165) is 12.0 Å². The Morgan fingerprint density at radius 1 is 1.39 bits per heavy atom. The highest BCUT2D eigenvalue weighted by Crippen LogP contribution is 2.27. The molecule has 0 fully saturated rings. The number of hydrogen-bond acceptors (Lipinski definition) is 2. The van der Waals surface area contributed by atoms with Crippen molar-refractivity contribution in [2.24, 2.45) is 5.92 Å². The maximum absolute atomic E-state index is 13.4. The van der Waals surface area contributed by atoms with Gasteiger partial charge >= 0.3 is 0 Å². The van der Waals surface area contributed by atoms with E-state index in [1.54, 1.807) is 6.07 Å². The first kappa shape index (κ1) is 15.0. The smallest absolute Gasteiger partial charge is 0.165 e. The van der Waals surface area contributed by atoms with E-state index in [1.807, 2.05) is 13.1 Å². The molecule has 1 aromatic rings. The largest absolute Gasteiger partial charge is 0.494 e. The number of rotatable bonds is 7. The van der Waals surface area contributed by atoms with Crippen molar-refractivity contribution in [2.75, 3.05) is 14.2 Å². The van der Waals surface area contributed by atoms with Crippen LogP contribution < -0.4 is 10.1 Å². The molecule has 0 aliphatic heterocycles. The van der Waals surface area contributed by atoms with Crippen molar-refractivity contribution in [3.8, 4) is 5.75 Å². The molecule has 2 unspecified atom stereocenters. The molecule has 0 aromatic heterocycles. The highest BCUT2D eigenvalue weighted by atomic mass is 19.1. The molecule has 0 saturated heterocycles. The van der Waals surface area contributed by atoms with Crippen LogP contribution in [-0.2, 0) is 0 Å². The van der Waals surface area contributed by atoms with Crippen molar-refractivity contribution in [3.63, 3.8) is 0 Å². The lowest BCUT2D eigenvalue weighted by atomic mass is 9.93. The van der Waals surface area contributed by atoms with Gasteiger partial charge in [0.25, 0.3) is 0 Å². The summed E-state index contributed by atoms with van der Waals surface area (Å²) < 4.78 is 18.4. The van der Waals surface area contributed by atoms with Crippen LogP contribution >= 0.6 is 0 Å². The Labute approximate surface area is 110 Å². The van der Waals surface area contributed by atoms with Gasteiger partial charge in [-0.25, -0.2) is 4.39 Å². The summed E-state index contributed by atoms with van der Waals surface area (Å²) in [5, 5.41) is 3.30. The zero-order chi connectivity index (χ0) is 13.5. The van der Waals surface area contributed by atoms with E-state index in [1.165, 1.54) is 26.0 Å². The van der Waals surface area contributed by atoms with E-state index in [0.29, 0.717) is 11.7 Å². The molecule has 102 valence electrons. The number of hydrogen-bond donors (Lipinski definition) is 1. The van der Waals surface area contributed by atoms with Crippen LogP contribution in [0.3, 0.4) is 0 Å². The first-order valence-electron chi connectivity index (χ1n) is 6.63. The van der Waals surface area contributed by atoms with Crippen molar-refractivity contribution >= 4 is 0 Å². The quantitative estimate of drug-likeness (QED) is 0.795. The Bertz CT molecular complexity index is 368. The summed E-state index contributed by atoms with van der Waals surface area (Å²) in [6.45, 7) is 4.46. The predicted octanol–water partition coefficient (Wildman–Crippen LogP) is 3.92. The van der Waals surface area contributed by atoms with Gasteiger partial charge in [0.05, 0.1) is 7.11 Å². The van der Waals surface area contributed by atoms with Gasteiger partial charge in [0.2, 0.25) is 0 Å². The number of ether oxygens (including phenoxy) is 1. The summed E-state index contributed by atoms with van der Waals surface area (Å²) in [6.07, 6.45) is 3.47. The molecule has 2 atom stereocenters. The molecule has 3 heteroatoms. The number of nitrogens with one attached hydrogen (secondary N) is 1. The van der Waals surface area contributed by atoms with Crippen LogP contribution in [-0.4, -0.2) is 14.2 Å². The lowest BCUT2D eigenvalue weighted by Gasteiger charge is -2.21. The number of benzene rings is 1. The van der Waals surface area contributed by atoms with Gasteiger partial charge in [0.15, 0.2) is 11.6 Å². The van der Waals surface area contributed by atoms with Gasteiger partial charge in [-0.1, -0.05) is 32.8 Å². The zero-order valence-electron chi connectivity index (χ0n) is 11.8. The molecule has 0 spiro atoms. The van der Waals surface area contributed by atoms with E-state index in [2.05, 4.69) is 19.2 Å². The molecule has 2 nitrogen and oxygen atoms in total. The molecule has 18 heavy (non-hydrogen) atoms. The summed E-state index contributed by atoms with van der Waals surface area (Å²) in [6, 6.07) is 5.34. The van der Waals surface area contributed by atoms with Crippen LogP contribution in [0.15, 0.2) is 18.2 Å². The SMILES string of the molecule is CCCC(C)CC(NC)c1ccc(F)c(OC)c1. The first-order chi connectivity index (χ1) is 8.62. The molecule has 0 radical (unpaired) electrons. The molecule has 0 heterocycles. The summed E-state index contributed by atoms with van der Waals surface area (Å²) >= 11 is 0. The van der Waals surface area contributed by atoms with Crippen LogP contribution in [0, 0.1) is 11.7 Å². The molecule has 0 aliphatic carbocycles. The van der Waals surface area contributed by atoms with E-state index in [9.17, 15) is 4.39 Å². The second kappa shape index (κ2) is 7.37. The Morgan fingerprint density at radius 2 is 2.11 bits per heavy atom. The highest BCUT2D eigenvalue weighted by Gasteiger charge is 2.15. The average molecular weight is 253 g/mol. The Morgan fingerprint density at radius 3 is 2.67 bits per heavy atom. The summed E-state index contributed by atoms with van der Waals surface area (Å²) in [5.74, 6) is 0.664. The van der Waals surface area contributed by atoms with Gasteiger partial charge in [-0.05, 0) is 37.1 Å². The molecule has 1 rings (SSSR count). The second-order valence-corrected chi connectivity index (χ2v) is 4.86. The number of methoxy groups -OCH3 is 1. The molecule has 0 saturated carbocycles. The van der Waals surface area contributed by atoms with E-state index in [-0.39, 0.29) is 11.9 Å². The zero-order valence-corrected chi connectivity index (χ0v) is 11.8. The normalized spacial score (nSPS) is 14.3. The van der Waals surface area contributed by atoms with Crippen LogP contribution in [0.5, 0.6) is 5.75 Å². The van der Waals surface area contributed by atoms with Gasteiger partial charge in [-0.3, -0.25) is 0 Å². The summed E-state index contributed by atoms with van der Waals surface area (Å²) in [5.41, 5.74) is 1.08. The third-order valence-corrected chi connectivity index (χ3v) is 3.35. The van der Waals surface area contributed by atoms with E-state index >= 15 is 0 Å². The fourth-order valence-electron chi connectivity index (χ4n) is 2.33. The molecule has 0 aliphatic rings. The Hall–Kier alpha value is -1.09. The molecular weight excluding hydrogens is 229 g/mol. The third-order valence-electron chi connectivity index (χ3n) is 3.35. The molecule has 1 aromatic carbocycles. The van der Waals surface area contributed by atoms with Crippen molar-refractivity contribution in [1.29, 1.82) is 0 Å². The first-order valence-corrected chi connectivity index (χ1v) is 6.63. The fraction of sp³-hybridized carbons (Fsp3) is 0.600. The lowest BCUT2D eigenvalue weighted by Crippen LogP contribution is -2.19. The summed E-state index contributed by atoms with van der Waals surface area (Å²) in [4.78, 5) is 0. The van der Waals surface area contributed by atoms with E-state index < -0.39 is 0 Å². The Kier molecular flexibility index (Phi) is 6.13. The predicted molar refractivity (Wildman–Crippen MR) is 73.4 cm³/mol. The van der Waals surface area contributed by atoms with Gasteiger partial charge in [-0.15, -0.1) is 0 Å². The van der Waals surface area contributed by atoms with Crippen molar-refractivity contribution in [3.05, 3.63) is 29.6 Å². The Balaban J connectivity index is 2.81. The van der Waals surface area contributed by atoms with Gasteiger partial charge in [-0.2, -0.15) is 0 Å². The van der Waals surface area contributed by atoms with Crippen molar-refractivity contribution in [2.45, 2.75) is 39.2 Å². The van der Waals surface area contributed by atoms with Gasteiger partial charge in [0, 0.05) is 6.04 Å². The third kappa shape index (κ3) is 3.98. The molecule has 1 N–H and O–H groups in total. The van der Waals surface area contributed by atoms with Gasteiger partial charge in [0.1, 0.15) is 0 Å². The van der Waals surface area contributed by atoms with Gasteiger partial charge < -0.3 is 10.1 Å². The molecular formula is C15H24FNO. The molecule has 0 amide bonds. The fourth-order valence-corrected chi connectivity index (χ4v) is 2.33. The second-order valence-electron chi connectivity index (χ2n) is 4.86. The molecule has 0 bridgehead atoms. The minimum atomic E-state index is -0.308. The minimum Gasteiger partial charge on any atom is -0.494 e. The monoisotopic (exact) mass is 253 g/mol. The van der Waals surface area contributed by atoms with Crippen molar-refractivity contribution < 1.29 is 9.13 Å². The maximum atomic E-state index is 13.4. The highest BCUT2D eigenvalue weighted by molar-refractivity contribution is 5.32. The number of halogens is 1. The average Bonchev–Trinajstić information content (AvgIpc) is 2.37.